The topological polar surface area (TPSA) is 59.1 Å². The summed E-state index contributed by atoms with van der Waals surface area (Å²) >= 11 is 0. The zero-order valence-electron chi connectivity index (χ0n) is 15.1. The average Bonchev–Trinajstić information content (AvgIpc) is 3.16. The van der Waals surface area contributed by atoms with Gasteiger partial charge < -0.3 is 14.6 Å². The highest BCUT2D eigenvalue weighted by Gasteiger charge is 2.52. The Morgan fingerprint density at radius 3 is 2.75 bits per heavy atom. The predicted octanol–water partition coefficient (Wildman–Crippen LogP) is 3.68. The molecule has 2 fully saturated rings. The molecule has 5 atom stereocenters. The molecule has 3 aliphatic rings. The Balaban J connectivity index is 1.80. The lowest BCUT2D eigenvalue weighted by atomic mass is 9.79. The van der Waals surface area contributed by atoms with Crippen LogP contribution < -0.4 is 0 Å². The van der Waals surface area contributed by atoms with E-state index in [1.165, 1.54) is 5.57 Å². The van der Waals surface area contributed by atoms with Gasteiger partial charge >= 0.3 is 5.97 Å². The first kappa shape index (κ1) is 17.7. The van der Waals surface area contributed by atoms with E-state index in [-0.39, 0.29) is 17.5 Å². The summed E-state index contributed by atoms with van der Waals surface area (Å²) in [5, 5.41) is 10.8. The number of epoxide rings is 1. The van der Waals surface area contributed by atoms with Gasteiger partial charge in [-0.2, -0.15) is 0 Å². The van der Waals surface area contributed by atoms with Crippen molar-refractivity contribution in [2.75, 3.05) is 0 Å². The molecule has 2 heterocycles. The van der Waals surface area contributed by atoms with Crippen molar-refractivity contribution >= 4 is 5.97 Å². The Labute approximate surface area is 144 Å². The van der Waals surface area contributed by atoms with Crippen LogP contribution in [0.25, 0.3) is 0 Å². The summed E-state index contributed by atoms with van der Waals surface area (Å²) in [4.78, 5) is 12.2. The first-order valence-corrected chi connectivity index (χ1v) is 9.17. The molecule has 4 nitrogen and oxygen atoms in total. The molecular weight excluding hydrogens is 304 g/mol. The highest BCUT2D eigenvalue weighted by Crippen LogP contribution is 2.46. The summed E-state index contributed by atoms with van der Waals surface area (Å²) < 4.78 is 11.4. The standard InChI is InChI=1S/C20H30O4/c1-13-6-5-10-19(3,22)17-12-15(14(2)18(21)23-17)9-11-20(4)16(24-20)8-7-13/h6,15-17,22H,2,5,7-12H2,1,3-4H3/b13-6+/t15-,16+,17+,19-,20-/m1/s1. The lowest BCUT2D eigenvalue weighted by molar-refractivity contribution is -0.168. The molecule has 1 aliphatic carbocycles. The lowest BCUT2D eigenvalue weighted by Gasteiger charge is -2.39. The molecule has 24 heavy (non-hydrogen) atoms. The van der Waals surface area contributed by atoms with Gasteiger partial charge in [-0.15, -0.1) is 0 Å². The number of fused-ring (bicyclic) bond motifs is 3. The zero-order valence-corrected chi connectivity index (χ0v) is 15.1. The Kier molecular flexibility index (Phi) is 4.65. The van der Waals surface area contributed by atoms with Crippen molar-refractivity contribution in [3.63, 3.8) is 0 Å². The quantitative estimate of drug-likeness (QED) is 0.318. The Bertz CT molecular complexity index is 562. The van der Waals surface area contributed by atoms with Gasteiger partial charge in [0.25, 0.3) is 0 Å². The predicted molar refractivity (Wildman–Crippen MR) is 92.5 cm³/mol. The summed E-state index contributed by atoms with van der Waals surface area (Å²) in [6, 6.07) is 0. The van der Waals surface area contributed by atoms with E-state index in [2.05, 4.69) is 26.5 Å². The maximum Gasteiger partial charge on any atom is 0.334 e. The van der Waals surface area contributed by atoms with E-state index in [9.17, 15) is 9.90 Å². The molecule has 0 spiro atoms. The zero-order chi connectivity index (χ0) is 17.5. The third kappa shape index (κ3) is 3.60. The van der Waals surface area contributed by atoms with E-state index in [0.29, 0.717) is 24.5 Å². The molecule has 0 aromatic heterocycles. The number of carbonyl (C=O) groups excluding carboxylic acids is 1. The van der Waals surface area contributed by atoms with Crippen LogP contribution in [-0.4, -0.2) is 34.5 Å². The maximum absolute atomic E-state index is 12.2. The number of hydrogen-bond acceptors (Lipinski definition) is 4. The van der Waals surface area contributed by atoms with E-state index in [4.69, 9.17) is 9.47 Å². The molecule has 1 N–H and O–H groups in total. The minimum Gasteiger partial charge on any atom is -0.456 e. The SMILES string of the molecule is C=C1C(=O)O[C@H]2C[C@H]1CC[C@@]1(C)O[C@H]1CC/C(C)=C/CC[C@@]2(C)O. The second-order valence-electron chi connectivity index (χ2n) is 8.29. The number of carbonyl (C=O) groups is 1. The molecular formula is C20H30O4. The highest BCUT2D eigenvalue weighted by atomic mass is 16.6. The van der Waals surface area contributed by atoms with Crippen molar-refractivity contribution in [2.24, 2.45) is 5.92 Å². The Hall–Kier alpha value is -1.13. The molecule has 0 aromatic carbocycles. The average molecular weight is 334 g/mol. The van der Waals surface area contributed by atoms with Crippen LogP contribution in [0.5, 0.6) is 0 Å². The van der Waals surface area contributed by atoms with Crippen molar-refractivity contribution in [3.8, 4) is 0 Å². The number of ether oxygens (including phenoxy) is 2. The van der Waals surface area contributed by atoms with Crippen LogP contribution in [0.3, 0.4) is 0 Å². The molecule has 0 saturated carbocycles. The van der Waals surface area contributed by atoms with Gasteiger partial charge in [-0.25, -0.2) is 4.79 Å². The fourth-order valence-corrected chi connectivity index (χ4v) is 4.06. The van der Waals surface area contributed by atoms with Gasteiger partial charge in [0.15, 0.2) is 0 Å². The summed E-state index contributed by atoms with van der Waals surface area (Å²) in [5.41, 5.74) is 0.820. The van der Waals surface area contributed by atoms with Crippen LogP contribution >= 0.6 is 0 Å². The number of esters is 1. The fourth-order valence-electron chi connectivity index (χ4n) is 4.06. The van der Waals surface area contributed by atoms with E-state index in [0.717, 1.165) is 32.1 Å². The van der Waals surface area contributed by atoms with Gasteiger partial charge in [0, 0.05) is 5.57 Å². The smallest absolute Gasteiger partial charge is 0.334 e. The number of allylic oxidation sites excluding steroid dienone is 2. The van der Waals surface area contributed by atoms with Gasteiger partial charge in [-0.05, 0) is 71.6 Å². The Morgan fingerprint density at radius 2 is 2.00 bits per heavy atom. The van der Waals surface area contributed by atoms with Gasteiger partial charge in [0.1, 0.15) is 6.10 Å². The van der Waals surface area contributed by atoms with Crippen molar-refractivity contribution in [3.05, 3.63) is 23.8 Å². The van der Waals surface area contributed by atoms with E-state index >= 15 is 0 Å². The number of rotatable bonds is 0. The van der Waals surface area contributed by atoms with Crippen LogP contribution in [0.4, 0.5) is 0 Å². The number of hydrogen-bond donors (Lipinski definition) is 1. The summed E-state index contributed by atoms with van der Waals surface area (Å²) in [5.74, 6) is -0.279. The van der Waals surface area contributed by atoms with Gasteiger partial charge in [-0.1, -0.05) is 18.2 Å². The first-order chi connectivity index (χ1) is 11.2. The molecule has 134 valence electrons. The first-order valence-electron chi connectivity index (χ1n) is 9.17. The summed E-state index contributed by atoms with van der Waals surface area (Å²) in [7, 11) is 0. The van der Waals surface area contributed by atoms with Crippen LogP contribution in [0.1, 0.15) is 65.7 Å². The second kappa shape index (κ2) is 6.30. The molecule has 2 bridgehead atoms. The minimum atomic E-state index is -1.00. The van der Waals surface area contributed by atoms with Crippen LogP contribution in [0.2, 0.25) is 0 Å². The normalized spacial score (nSPS) is 46.2. The molecule has 0 unspecified atom stereocenters. The van der Waals surface area contributed by atoms with Crippen LogP contribution in [0.15, 0.2) is 23.8 Å². The Morgan fingerprint density at radius 1 is 1.25 bits per heavy atom. The molecule has 0 aromatic rings. The van der Waals surface area contributed by atoms with Crippen LogP contribution in [0, 0.1) is 5.92 Å². The van der Waals surface area contributed by atoms with Gasteiger partial charge in [0.05, 0.1) is 17.3 Å². The van der Waals surface area contributed by atoms with Crippen molar-refractivity contribution in [1.29, 1.82) is 0 Å². The van der Waals surface area contributed by atoms with E-state index in [1.54, 1.807) is 6.92 Å². The third-order valence-electron chi connectivity index (χ3n) is 6.17. The second-order valence-corrected chi connectivity index (χ2v) is 8.29. The maximum atomic E-state index is 12.2. The monoisotopic (exact) mass is 334 g/mol. The largest absolute Gasteiger partial charge is 0.456 e. The van der Waals surface area contributed by atoms with Gasteiger partial charge in [-0.3, -0.25) is 0 Å². The van der Waals surface area contributed by atoms with Crippen LogP contribution in [-0.2, 0) is 14.3 Å². The molecule has 0 radical (unpaired) electrons. The third-order valence-corrected chi connectivity index (χ3v) is 6.17. The summed E-state index contributed by atoms with van der Waals surface area (Å²) in [6.07, 6.45) is 7.98. The number of aliphatic hydroxyl groups is 1. The molecule has 2 saturated heterocycles. The van der Waals surface area contributed by atoms with E-state index < -0.39 is 11.7 Å². The summed E-state index contributed by atoms with van der Waals surface area (Å²) in [6.45, 7) is 10.0. The molecule has 0 amide bonds. The van der Waals surface area contributed by atoms with Crippen molar-refractivity contribution in [1.82, 2.24) is 0 Å². The van der Waals surface area contributed by atoms with Crippen molar-refractivity contribution < 1.29 is 19.4 Å². The lowest BCUT2D eigenvalue weighted by Crippen LogP contribution is -2.47. The molecule has 2 aliphatic heterocycles. The van der Waals surface area contributed by atoms with Crippen molar-refractivity contribution in [2.45, 2.75) is 89.1 Å². The van der Waals surface area contributed by atoms with E-state index in [1.807, 2.05) is 0 Å². The minimum absolute atomic E-state index is 0.0654. The fraction of sp³-hybridized carbons (Fsp3) is 0.750. The van der Waals surface area contributed by atoms with Gasteiger partial charge in [0.2, 0.25) is 0 Å². The highest BCUT2D eigenvalue weighted by molar-refractivity contribution is 5.89. The molecule has 3 rings (SSSR count). The molecule has 4 heteroatoms.